The Morgan fingerprint density at radius 3 is 2.90 bits per heavy atom. The van der Waals surface area contributed by atoms with E-state index in [0.29, 0.717) is 6.04 Å². The number of fused-ring (bicyclic) bond motifs is 1. The number of aromatic nitrogens is 1. The van der Waals surface area contributed by atoms with Crippen molar-refractivity contribution in [1.82, 2.24) is 15.6 Å². The van der Waals surface area contributed by atoms with Crippen LogP contribution in [0.2, 0.25) is 0 Å². The van der Waals surface area contributed by atoms with Crippen LogP contribution in [0.25, 0.3) is 10.9 Å². The van der Waals surface area contributed by atoms with E-state index in [4.69, 9.17) is 0 Å². The van der Waals surface area contributed by atoms with Crippen LogP contribution in [-0.2, 0) is 6.42 Å². The number of benzene rings is 1. The highest BCUT2D eigenvalue weighted by Crippen LogP contribution is 2.22. The van der Waals surface area contributed by atoms with Gasteiger partial charge in [0.2, 0.25) is 0 Å². The van der Waals surface area contributed by atoms with Gasteiger partial charge < -0.3 is 15.6 Å². The lowest BCUT2D eigenvalue weighted by Gasteiger charge is -2.16. The van der Waals surface area contributed by atoms with Gasteiger partial charge in [-0.3, -0.25) is 4.99 Å². The molecule has 2 rings (SSSR count). The molecule has 4 heteroatoms. The molecule has 0 amide bonds. The number of guanidine groups is 1. The average Bonchev–Trinajstić information content (AvgIpc) is 2.90. The number of hydrogen-bond donors (Lipinski definition) is 3. The molecule has 0 aliphatic heterocycles. The average molecular weight is 286 g/mol. The first-order valence-corrected chi connectivity index (χ1v) is 7.68. The monoisotopic (exact) mass is 286 g/mol. The van der Waals surface area contributed by atoms with Crippen LogP contribution in [-0.4, -0.2) is 30.6 Å². The van der Waals surface area contributed by atoms with Gasteiger partial charge in [0.05, 0.1) is 0 Å². The summed E-state index contributed by atoms with van der Waals surface area (Å²) in [6, 6.07) is 6.82. The van der Waals surface area contributed by atoms with Gasteiger partial charge in [0, 0.05) is 36.7 Å². The first-order chi connectivity index (χ1) is 10.2. The van der Waals surface area contributed by atoms with Crippen molar-refractivity contribution in [1.29, 1.82) is 0 Å². The van der Waals surface area contributed by atoms with E-state index < -0.39 is 0 Å². The summed E-state index contributed by atoms with van der Waals surface area (Å²) < 4.78 is 0. The first kappa shape index (κ1) is 15.4. The van der Waals surface area contributed by atoms with Crippen LogP contribution < -0.4 is 10.6 Å². The second-order valence-electron chi connectivity index (χ2n) is 5.51. The molecule has 1 heterocycles. The Bertz CT molecular complexity index is 612. The Hall–Kier alpha value is -1.97. The third-order valence-corrected chi connectivity index (χ3v) is 3.90. The first-order valence-electron chi connectivity index (χ1n) is 7.68. The van der Waals surface area contributed by atoms with Crippen molar-refractivity contribution in [3.63, 3.8) is 0 Å². The molecule has 0 bridgehead atoms. The van der Waals surface area contributed by atoms with E-state index in [9.17, 15) is 0 Å². The molecular weight excluding hydrogens is 260 g/mol. The Labute approximate surface area is 127 Å². The maximum Gasteiger partial charge on any atom is 0.191 e. The number of rotatable bonds is 5. The molecule has 0 aliphatic carbocycles. The predicted octanol–water partition coefficient (Wildman–Crippen LogP) is 2.98. The second kappa shape index (κ2) is 7.16. The third-order valence-electron chi connectivity index (χ3n) is 3.90. The number of nitrogens with one attached hydrogen (secondary N) is 3. The summed E-state index contributed by atoms with van der Waals surface area (Å²) in [6.07, 6.45) is 4.18. The zero-order valence-electron chi connectivity index (χ0n) is 13.5. The second-order valence-corrected chi connectivity index (χ2v) is 5.51. The van der Waals surface area contributed by atoms with Crippen molar-refractivity contribution in [3.05, 3.63) is 35.5 Å². The lowest BCUT2D eigenvalue weighted by molar-refractivity contribution is 0.624. The Morgan fingerprint density at radius 1 is 1.38 bits per heavy atom. The van der Waals surface area contributed by atoms with Crippen molar-refractivity contribution >= 4 is 16.9 Å². The fourth-order valence-corrected chi connectivity index (χ4v) is 2.49. The summed E-state index contributed by atoms with van der Waals surface area (Å²) >= 11 is 0. The number of aryl methyl sites for hydroxylation is 1. The lowest BCUT2D eigenvalue weighted by atomic mass is 10.1. The van der Waals surface area contributed by atoms with E-state index in [0.717, 1.165) is 25.3 Å². The van der Waals surface area contributed by atoms with E-state index in [1.807, 2.05) is 7.05 Å². The maximum atomic E-state index is 4.26. The Balaban J connectivity index is 1.96. The smallest absolute Gasteiger partial charge is 0.191 e. The van der Waals surface area contributed by atoms with Gasteiger partial charge in [-0.25, -0.2) is 0 Å². The minimum atomic E-state index is 0.437. The topological polar surface area (TPSA) is 52.2 Å². The predicted molar refractivity (Wildman–Crippen MR) is 91.0 cm³/mol. The summed E-state index contributed by atoms with van der Waals surface area (Å²) in [5.74, 6) is 0.876. The SMILES string of the molecule is CCC(C)NC(=NC)NCCc1c[nH]c2cccc(C)c12. The van der Waals surface area contributed by atoms with Crippen LogP contribution in [0.5, 0.6) is 0 Å². The minimum absolute atomic E-state index is 0.437. The van der Waals surface area contributed by atoms with Gasteiger partial charge >= 0.3 is 0 Å². The van der Waals surface area contributed by atoms with Crippen molar-refractivity contribution in [2.75, 3.05) is 13.6 Å². The van der Waals surface area contributed by atoms with Gasteiger partial charge in [-0.15, -0.1) is 0 Å². The number of H-pyrrole nitrogens is 1. The normalized spacial score (nSPS) is 13.4. The molecule has 4 nitrogen and oxygen atoms in total. The maximum absolute atomic E-state index is 4.26. The van der Waals surface area contributed by atoms with Gasteiger partial charge in [0.1, 0.15) is 0 Å². The van der Waals surface area contributed by atoms with Crippen LogP contribution in [0.3, 0.4) is 0 Å². The van der Waals surface area contributed by atoms with E-state index >= 15 is 0 Å². The van der Waals surface area contributed by atoms with Gasteiger partial charge in [-0.2, -0.15) is 0 Å². The Morgan fingerprint density at radius 2 is 2.19 bits per heavy atom. The molecule has 0 spiro atoms. The fraction of sp³-hybridized carbons (Fsp3) is 0.471. The zero-order chi connectivity index (χ0) is 15.2. The lowest BCUT2D eigenvalue weighted by Crippen LogP contribution is -2.42. The van der Waals surface area contributed by atoms with Crippen molar-refractivity contribution in [2.45, 2.75) is 39.7 Å². The molecule has 0 fully saturated rings. The third kappa shape index (κ3) is 3.78. The molecule has 1 aromatic heterocycles. The molecule has 21 heavy (non-hydrogen) atoms. The van der Waals surface area contributed by atoms with E-state index in [2.05, 4.69) is 65.8 Å². The summed E-state index contributed by atoms with van der Waals surface area (Å²) in [6.45, 7) is 7.36. The number of hydrogen-bond acceptors (Lipinski definition) is 1. The number of aromatic amines is 1. The standard InChI is InChI=1S/C17H26N4/c1-5-13(3)21-17(18-4)19-10-9-14-11-20-15-8-6-7-12(2)16(14)15/h6-8,11,13,20H,5,9-10H2,1-4H3,(H2,18,19,21). The van der Waals surface area contributed by atoms with Crippen LogP contribution >= 0.6 is 0 Å². The number of aliphatic imine (C=N–C) groups is 1. The van der Waals surface area contributed by atoms with E-state index in [1.54, 1.807) is 0 Å². The largest absolute Gasteiger partial charge is 0.361 e. The molecule has 0 radical (unpaired) electrons. The summed E-state index contributed by atoms with van der Waals surface area (Å²) in [5.41, 5.74) is 3.90. The molecule has 114 valence electrons. The Kier molecular flexibility index (Phi) is 5.26. The summed E-state index contributed by atoms with van der Waals surface area (Å²) in [5, 5.41) is 8.11. The minimum Gasteiger partial charge on any atom is -0.361 e. The molecule has 0 saturated heterocycles. The van der Waals surface area contributed by atoms with Crippen LogP contribution in [0.4, 0.5) is 0 Å². The highest BCUT2D eigenvalue weighted by atomic mass is 15.2. The quantitative estimate of drug-likeness (QED) is 0.584. The van der Waals surface area contributed by atoms with Crippen LogP contribution in [0.1, 0.15) is 31.4 Å². The fourth-order valence-electron chi connectivity index (χ4n) is 2.49. The molecule has 0 saturated carbocycles. The zero-order valence-corrected chi connectivity index (χ0v) is 13.5. The van der Waals surface area contributed by atoms with E-state index in [1.165, 1.54) is 22.0 Å². The number of nitrogens with zero attached hydrogens (tertiary/aromatic N) is 1. The van der Waals surface area contributed by atoms with Gasteiger partial charge in [0.25, 0.3) is 0 Å². The van der Waals surface area contributed by atoms with Gasteiger partial charge in [-0.05, 0) is 43.9 Å². The van der Waals surface area contributed by atoms with Gasteiger partial charge in [0.15, 0.2) is 5.96 Å². The van der Waals surface area contributed by atoms with Gasteiger partial charge in [-0.1, -0.05) is 19.1 Å². The molecule has 1 atom stereocenters. The summed E-state index contributed by atoms with van der Waals surface area (Å²) in [4.78, 5) is 7.61. The van der Waals surface area contributed by atoms with Crippen molar-refractivity contribution in [3.8, 4) is 0 Å². The molecule has 2 aromatic rings. The van der Waals surface area contributed by atoms with Crippen LogP contribution in [0, 0.1) is 6.92 Å². The molecular formula is C17H26N4. The molecule has 1 aromatic carbocycles. The summed E-state index contributed by atoms with van der Waals surface area (Å²) in [7, 11) is 1.81. The van der Waals surface area contributed by atoms with Crippen molar-refractivity contribution in [2.24, 2.45) is 4.99 Å². The van der Waals surface area contributed by atoms with Crippen LogP contribution in [0.15, 0.2) is 29.4 Å². The van der Waals surface area contributed by atoms with E-state index in [-0.39, 0.29) is 0 Å². The van der Waals surface area contributed by atoms with Crippen molar-refractivity contribution < 1.29 is 0 Å². The molecule has 1 unspecified atom stereocenters. The molecule has 3 N–H and O–H groups in total. The highest BCUT2D eigenvalue weighted by Gasteiger charge is 2.07. The molecule has 0 aliphatic rings. The highest BCUT2D eigenvalue weighted by molar-refractivity contribution is 5.86.